The minimum atomic E-state index is -1.17. The highest BCUT2D eigenvalue weighted by Gasteiger charge is 2.26. The summed E-state index contributed by atoms with van der Waals surface area (Å²) in [5.74, 6) is -4.48. The molecule has 27 heavy (non-hydrogen) atoms. The first-order valence-corrected chi connectivity index (χ1v) is 8.06. The van der Waals surface area contributed by atoms with Gasteiger partial charge in [0.25, 0.3) is 5.91 Å². The topological polar surface area (TPSA) is 99.9 Å². The Balaban J connectivity index is 2.17. The molecule has 0 bridgehead atoms. The number of carboxylic acid groups (broad SMARTS) is 1. The quantitative estimate of drug-likeness (QED) is 0.769. The first-order valence-electron chi connectivity index (χ1n) is 8.06. The molecular formula is C18H18F2N2O5. The van der Waals surface area contributed by atoms with Crippen molar-refractivity contribution in [2.24, 2.45) is 0 Å². The van der Waals surface area contributed by atoms with Crippen LogP contribution in [-0.2, 0) is 16.0 Å². The molecule has 2 amide bonds. The van der Waals surface area contributed by atoms with E-state index in [0.717, 1.165) is 23.1 Å². The second-order valence-electron chi connectivity index (χ2n) is 5.75. The monoisotopic (exact) mass is 380 g/mol. The maximum absolute atomic E-state index is 13.6. The van der Waals surface area contributed by atoms with Gasteiger partial charge in [0.05, 0.1) is 11.8 Å². The Morgan fingerprint density at radius 1 is 1.22 bits per heavy atom. The second-order valence-corrected chi connectivity index (χ2v) is 5.75. The lowest BCUT2D eigenvalue weighted by Gasteiger charge is -2.21. The standard InChI is InChI=1S/C18H18F2N2O5/c1-3-22(8-14(23)21-17-11(19)5-4-6-12(17)20)18(26)16-10(2)9-27-13(16)7-15(24)25/h4-6,9H,3,7-8H2,1-2H3,(H,21,23)(H,24,25). The van der Waals surface area contributed by atoms with Crippen LogP contribution in [0.1, 0.15) is 28.6 Å². The molecule has 0 fully saturated rings. The molecule has 1 aromatic carbocycles. The van der Waals surface area contributed by atoms with Crippen molar-refractivity contribution in [3.63, 3.8) is 0 Å². The lowest BCUT2D eigenvalue weighted by atomic mass is 10.1. The Hall–Kier alpha value is -3.23. The first kappa shape index (κ1) is 20.1. The van der Waals surface area contributed by atoms with Gasteiger partial charge in [-0.2, -0.15) is 0 Å². The van der Waals surface area contributed by atoms with Gasteiger partial charge >= 0.3 is 5.97 Å². The lowest BCUT2D eigenvalue weighted by Crippen LogP contribution is -2.38. The van der Waals surface area contributed by atoms with Gasteiger partial charge in [-0.15, -0.1) is 0 Å². The van der Waals surface area contributed by atoms with E-state index in [9.17, 15) is 23.2 Å². The van der Waals surface area contributed by atoms with Crippen molar-refractivity contribution in [1.29, 1.82) is 0 Å². The molecule has 0 atom stereocenters. The van der Waals surface area contributed by atoms with Crippen molar-refractivity contribution in [3.8, 4) is 0 Å². The van der Waals surface area contributed by atoms with Crippen molar-refractivity contribution in [3.05, 3.63) is 53.0 Å². The molecule has 1 aromatic heterocycles. The van der Waals surface area contributed by atoms with Crippen LogP contribution in [0.4, 0.5) is 14.5 Å². The van der Waals surface area contributed by atoms with Crippen molar-refractivity contribution in [1.82, 2.24) is 4.90 Å². The van der Waals surface area contributed by atoms with E-state index in [0.29, 0.717) is 5.56 Å². The maximum atomic E-state index is 13.6. The third-order valence-electron chi connectivity index (χ3n) is 3.81. The number of amides is 2. The number of nitrogens with one attached hydrogen (secondary N) is 1. The van der Waals surface area contributed by atoms with Gasteiger partial charge in [-0.1, -0.05) is 6.07 Å². The molecule has 9 heteroatoms. The van der Waals surface area contributed by atoms with E-state index in [1.165, 1.54) is 6.26 Å². The summed E-state index contributed by atoms with van der Waals surface area (Å²) in [7, 11) is 0. The SMILES string of the molecule is CCN(CC(=O)Nc1c(F)cccc1F)C(=O)c1c(C)coc1CC(=O)O. The zero-order chi connectivity index (χ0) is 20.1. The summed E-state index contributed by atoms with van der Waals surface area (Å²) in [6.07, 6.45) is 0.771. The Labute approximate surface area is 153 Å². The molecule has 0 unspecified atom stereocenters. The molecule has 2 aromatic rings. The fourth-order valence-electron chi connectivity index (χ4n) is 2.51. The van der Waals surface area contributed by atoms with Gasteiger partial charge < -0.3 is 19.7 Å². The van der Waals surface area contributed by atoms with E-state index in [2.05, 4.69) is 5.32 Å². The van der Waals surface area contributed by atoms with Crippen LogP contribution in [0.3, 0.4) is 0 Å². The van der Waals surface area contributed by atoms with Crippen molar-refractivity contribution >= 4 is 23.5 Å². The van der Waals surface area contributed by atoms with Gasteiger partial charge in [-0.25, -0.2) is 8.78 Å². The van der Waals surface area contributed by atoms with E-state index in [4.69, 9.17) is 9.52 Å². The van der Waals surface area contributed by atoms with Crippen LogP contribution in [0.25, 0.3) is 0 Å². The number of rotatable bonds is 7. The predicted molar refractivity (Wildman–Crippen MR) is 91.4 cm³/mol. The van der Waals surface area contributed by atoms with Crippen LogP contribution in [0.2, 0.25) is 0 Å². The Morgan fingerprint density at radius 3 is 2.41 bits per heavy atom. The number of furan rings is 1. The van der Waals surface area contributed by atoms with Gasteiger partial charge in [0.1, 0.15) is 36.0 Å². The number of carboxylic acids is 1. The Kier molecular flexibility index (Phi) is 6.27. The third-order valence-corrected chi connectivity index (χ3v) is 3.81. The van der Waals surface area contributed by atoms with E-state index in [-0.39, 0.29) is 17.9 Å². The van der Waals surface area contributed by atoms with E-state index >= 15 is 0 Å². The molecule has 7 nitrogen and oxygen atoms in total. The normalized spacial score (nSPS) is 10.5. The fourth-order valence-corrected chi connectivity index (χ4v) is 2.51. The molecule has 0 aliphatic carbocycles. The van der Waals surface area contributed by atoms with Gasteiger partial charge in [0, 0.05) is 12.1 Å². The smallest absolute Gasteiger partial charge is 0.311 e. The first-order chi connectivity index (χ1) is 12.7. The summed E-state index contributed by atoms with van der Waals surface area (Å²) in [6.45, 7) is 2.83. The zero-order valence-corrected chi connectivity index (χ0v) is 14.7. The predicted octanol–water partition coefficient (Wildman–Crippen LogP) is 2.59. The molecule has 0 saturated carbocycles. The average Bonchev–Trinajstić information content (AvgIpc) is 2.95. The molecular weight excluding hydrogens is 362 g/mol. The third kappa shape index (κ3) is 4.69. The zero-order valence-electron chi connectivity index (χ0n) is 14.7. The minimum Gasteiger partial charge on any atom is -0.481 e. The number of para-hydroxylation sites is 1. The van der Waals surface area contributed by atoms with Crippen molar-refractivity contribution < 1.29 is 32.7 Å². The summed E-state index contributed by atoms with van der Waals surface area (Å²) in [4.78, 5) is 36.9. The Bertz CT molecular complexity index is 858. The number of halogens is 2. The number of hydrogen-bond acceptors (Lipinski definition) is 4. The number of aryl methyl sites for hydroxylation is 1. The summed E-state index contributed by atoms with van der Waals surface area (Å²) in [5.41, 5.74) is -0.114. The number of likely N-dealkylation sites (N-methyl/N-ethyl adjacent to an activating group) is 1. The number of carbonyl (C=O) groups is 3. The number of benzene rings is 1. The highest BCUT2D eigenvalue weighted by Crippen LogP contribution is 2.21. The number of nitrogens with zero attached hydrogens (tertiary/aromatic N) is 1. The van der Waals surface area contributed by atoms with Crippen LogP contribution in [-0.4, -0.2) is 40.9 Å². The van der Waals surface area contributed by atoms with Gasteiger partial charge in [0.15, 0.2) is 0 Å². The maximum Gasteiger partial charge on any atom is 0.311 e. The highest BCUT2D eigenvalue weighted by molar-refractivity contribution is 6.01. The number of carbonyl (C=O) groups excluding carboxylic acids is 2. The molecule has 0 saturated heterocycles. The summed E-state index contributed by atoms with van der Waals surface area (Å²) in [5, 5.41) is 11.0. The number of anilines is 1. The molecule has 144 valence electrons. The molecule has 2 N–H and O–H groups in total. The fraction of sp³-hybridized carbons (Fsp3) is 0.278. The Morgan fingerprint density at radius 2 is 1.85 bits per heavy atom. The molecule has 0 radical (unpaired) electrons. The van der Waals surface area contributed by atoms with Crippen molar-refractivity contribution in [2.45, 2.75) is 20.3 Å². The average molecular weight is 380 g/mol. The largest absolute Gasteiger partial charge is 0.481 e. The summed E-state index contributed by atoms with van der Waals surface area (Å²) >= 11 is 0. The summed E-state index contributed by atoms with van der Waals surface area (Å²) < 4.78 is 32.4. The van der Waals surface area contributed by atoms with Crippen LogP contribution in [0.5, 0.6) is 0 Å². The van der Waals surface area contributed by atoms with Gasteiger partial charge in [-0.3, -0.25) is 14.4 Å². The molecule has 2 rings (SSSR count). The van der Waals surface area contributed by atoms with Crippen LogP contribution < -0.4 is 5.32 Å². The number of aliphatic carboxylic acids is 1. The van der Waals surface area contributed by atoms with Crippen molar-refractivity contribution in [2.75, 3.05) is 18.4 Å². The minimum absolute atomic E-state index is 0.0241. The van der Waals surface area contributed by atoms with Crippen LogP contribution in [0.15, 0.2) is 28.9 Å². The van der Waals surface area contributed by atoms with E-state index in [1.54, 1.807) is 13.8 Å². The molecule has 0 aliphatic rings. The number of hydrogen-bond donors (Lipinski definition) is 2. The molecule has 1 heterocycles. The van der Waals surface area contributed by atoms with E-state index < -0.39 is 48.1 Å². The second kappa shape index (κ2) is 8.43. The van der Waals surface area contributed by atoms with E-state index in [1.807, 2.05) is 0 Å². The molecule has 0 aliphatic heterocycles. The van der Waals surface area contributed by atoms with Crippen LogP contribution >= 0.6 is 0 Å². The summed E-state index contributed by atoms with van der Waals surface area (Å²) in [6, 6.07) is 3.15. The van der Waals surface area contributed by atoms with Gasteiger partial charge in [0.2, 0.25) is 5.91 Å². The molecule has 0 spiro atoms. The van der Waals surface area contributed by atoms with Gasteiger partial charge in [-0.05, 0) is 26.0 Å². The lowest BCUT2D eigenvalue weighted by molar-refractivity contribution is -0.136. The van der Waals surface area contributed by atoms with Crippen LogP contribution in [0, 0.1) is 18.6 Å². The highest BCUT2D eigenvalue weighted by atomic mass is 19.1.